The number of hydrogen-bond acceptors (Lipinski definition) is 4. The van der Waals surface area contributed by atoms with Gasteiger partial charge in [0.25, 0.3) is 0 Å². The maximum Gasteiger partial charge on any atom is 0.231 e. The van der Waals surface area contributed by atoms with Crippen LogP contribution < -0.4 is 14.8 Å². The van der Waals surface area contributed by atoms with Gasteiger partial charge in [-0.05, 0) is 57.0 Å². The molecular weight excluding hydrogens is 264 g/mol. The minimum atomic E-state index is 0.329. The fourth-order valence-corrected chi connectivity index (χ4v) is 3.45. The number of piperidine rings is 1. The quantitative estimate of drug-likeness (QED) is 0.924. The smallest absolute Gasteiger partial charge is 0.231 e. The van der Waals surface area contributed by atoms with E-state index < -0.39 is 0 Å². The first kappa shape index (κ1) is 14.7. The minimum Gasteiger partial charge on any atom is -0.454 e. The third kappa shape index (κ3) is 3.16. The van der Waals surface area contributed by atoms with Crippen molar-refractivity contribution in [2.75, 3.05) is 26.9 Å². The average Bonchev–Trinajstić information content (AvgIpc) is 2.94. The Morgan fingerprint density at radius 1 is 1.29 bits per heavy atom. The third-order valence-electron chi connectivity index (χ3n) is 4.84. The van der Waals surface area contributed by atoms with E-state index in [0.29, 0.717) is 18.9 Å². The summed E-state index contributed by atoms with van der Waals surface area (Å²) in [6.07, 6.45) is 2.61. The lowest BCUT2D eigenvalue weighted by Crippen LogP contribution is -2.44. The molecule has 0 saturated carbocycles. The molecule has 0 radical (unpaired) electrons. The van der Waals surface area contributed by atoms with Gasteiger partial charge in [-0.3, -0.25) is 4.90 Å². The monoisotopic (exact) mass is 290 g/mol. The van der Waals surface area contributed by atoms with E-state index >= 15 is 0 Å². The summed E-state index contributed by atoms with van der Waals surface area (Å²) < 4.78 is 10.9. The Bertz CT molecular complexity index is 492. The Kier molecular flexibility index (Phi) is 4.36. The number of likely N-dealkylation sites (tertiary alicyclic amines) is 1. The number of rotatable bonds is 4. The summed E-state index contributed by atoms with van der Waals surface area (Å²) in [5.74, 6) is 2.58. The van der Waals surface area contributed by atoms with E-state index in [9.17, 15) is 0 Å². The van der Waals surface area contributed by atoms with Gasteiger partial charge < -0.3 is 14.8 Å². The van der Waals surface area contributed by atoms with E-state index in [-0.39, 0.29) is 0 Å². The number of nitrogens with zero attached hydrogens (tertiary/aromatic N) is 1. The maximum atomic E-state index is 5.50. The fourth-order valence-electron chi connectivity index (χ4n) is 3.45. The van der Waals surface area contributed by atoms with Crippen LogP contribution in [-0.4, -0.2) is 37.9 Å². The highest BCUT2D eigenvalue weighted by Crippen LogP contribution is 2.34. The van der Waals surface area contributed by atoms with Crippen molar-refractivity contribution >= 4 is 0 Å². The zero-order valence-electron chi connectivity index (χ0n) is 13.3. The highest BCUT2D eigenvalue weighted by molar-refractivity contribution is 5.45. The van der Waals surface area contributed by atoms with Crippen LogP contribution in [0.3, 0.4) is 0 Å². The van der Waals surface area contributed by atoms with Gasteiger partial charge in [-0.25, -0.2) is 0 Å². The SMILES string of the molecule is CNC(CN1CCC(C)CC1C)c1ccc2c(c1)OCO2. The number of ether oxygens (including phenoxy) is 2. The Labute approximate surface area is 127 Å². The molecule has 1 aromatic rings. The lowest BCUT2D eigenvalue weighted by atomic mass is 9.92. The number of nitrogens with one attached hydrogen (secondary N) is 1. The Balaban J connectivity index is 1.70. The second-order valence-corrected chi connectivity index (χ2v) is 6.43. The zero-order valence-corrected chi connectivity index (χ0v) is 13.3. The first-order chi connectivity index (χ1) is 10.2. The van der Waals surface area contributed by atoms with Gasteiger partial charge in [-0.1, -0.05) is 13.0 Å². The van der Waals surface area contributed by atoms with E-state index in [0.717, 1.165) is 24.0 Å². The summed E-state index contributed by atoms with van der Waals surface area (Å²) in [7, 11) is 2.03. The highest BCUT2D eigenvalue weighted by atomic mass is 16.7. The summed E-state index contributed by atoms with van der Waals surface area (Å²) in [6.45, 7) is 7.29. The van der Waals surface area contributed by atoms with Crippen molar-refractivity contribution in [3.63, 3.8) is 0 Å². The van der Waals surface area contributed by atoms with Crippen molar-refractivity contribution in [3.8, 4) is 11.5 Å². The molecule has 1 saturated heterocycles. The summed E-state index contributed by atoms with van der Waals surface area (Å²) in [6, 6.07) is 7.27. The summed E-state index contributed by atoms with van der Waals surface area (Å²) in [5, 5.41) is 3.45. The van der Waals surface area contributed by atoms with Crippen molar-refractivity contribution in [1.29, 1.82) is 0 Å². The molecule has 1 aromatic carbocycles. The normalized spacial score (nSPS) is 26.8. The maximum absolute atomic E-state index is 5.50. The predicted molar refractivity (Wildman–Crippen MR) is 83.8 cm³/mol. The van der Waals surface area contributed by atoms with E-state index in [1.807, 2.05) is 13.1 Å². The van der Waals surface area contributed by atoms with E-state index in [4.69, 9.17) is 9.47 Å². The van der Waals surface area contributed by atoms with E-state index in [2.05, 4.69) is 36.2 Å². The Morgan fingerprint density at radius 2 is 2.10 bits per heavy atom. The van der Waals surface area contributed by atoms with Gasteiger partial charge >= 0.3 is 0 Å². The molecule has 4 nitrogen and oxygen atoms in total. The zero-order chi connectivity index (χ0) is 14.8. The van der Waals surface area contributed by atoms with E-state index in [1.165, 1.54) is 24.9 Å². The van der Waals surface area contributed by atoms with Crippen LogP contribution in [0.1, 0.15) is 38.3 Å². The van der Waals surface area contributed by atoms with Crippen LogP contribution in [0.4, 0.5) is 0 Å². The molecule has 3 unspecified atom stereocenters. The second kappa shape index (κ2) is 6.24. The molecule has 0 aromatic heterocycles. The van der Waals surface area contributed by atoms with Crippen LogP contribution in [-0.2, 0) is 0 Å². The lowest BCUT2D eigenvalue weighted by Gasteiger charge is -2.38. The lowest BCUT2D eigenvalue weighted by molar-refractivity contribution is 0.118. The van der Waals surface area contributed by atoms with Crippen LogP contribution in [0.5, 0.6) is 11.5 Å². The molecule has 2 aliphatic heterocycles. The van der Waals surface area contributed by atoms with E-state index in [1.54, 1.807) is 0 Å². The third-order valence-corrected chi connectivity index (χ3v) is 4.84. The summed E-state index contributed by atoms with van der Waals surface area (Å²) in [4.78, 5) is 2.60. The molecule has 0 bridgehead atoms. The largest absolute Gasteiger partial charge is 0.454 e. The molecule has 116 valence electrons. The van der Waals surface area contributed by atoms with Gasteiger partial charge in [0.1, 0.15) is 0 Å². The van der Waals surface area contributed by atoms with Crippen molar-refractivity contribution in [3.05, 3.63) is 23.8 Å². The van der Waals surface area contributed by atoms with Crippen LogP contribution in [0, 0.1) is 5.92 Å². The molecule has 1 N–H and O–H groups in total. The first-order valence-electron chi connectivity index (χ1n) is 7.98. The standard InChI is InChI=1S/C17H26N2O2/c1-12-6-7-19(13(2)8-12)10-15(18-3)14-4-5-16-17(9-14)21-11-20-16/h4-5,9,12-13,15,18H,6-8,10-11H2,1-3H3. The van der Waals surface area contributed by atoms with Gasteiger partial charge in [0.2, 0.25) is 6.79 Å². The highest BCUT2D eigenvalue weighted by Gasteiger charge is 2.26. The number of likely N-dealkylation sites (N-methyl/N-ethyl adjacent to an activating group) is 1. The van der Waals surface area contributed by atoms with Crippen molar-refractivity contribution in [1.82, 2.24) is 10.2 Å². The van der Waals surface area contributed by atoms with Gasteiger partial charge in [-0.2, -0.15) is 0 Å². The summed E-state index contributed by atoms with van der Waals surface area (Å²) in [5.41, 5.74) is 1.27. The predicted octanol–water partition coefficient (Wildman–Crippen LogP) is 2.80. The van der Waals surface area contributed by atoms with Crippen molar-refractivity contribution in [2.45, 2.75) is 38.8 Å². The molecule has 3 rings (SSSR count). The van der Waals surface area contributed by atoms with Gasteiger partial charge in [0, 0.05) is 18.6 Å². The second-order valence-electron chi connectivity index (χ2n) is 6.43. The average molecular weight is 290 g/mol. The van der Waals surface area contributed by atoms with Crippen molar-refractivity contribution < 1.29 is 9.47 Å². The summed E-state index contributed by atoms with van der Waals surface area (Å²) >= 11 is 0. The van der Waals surface area contributed by atoms with Crippen LogP contribution >= 0.6 is 0 Å². The molecule has 2 heterocycles. The molecule has 0 aliphatic carbocycles. The molecule has 21 heavy (non-hydrogen) atoms. The van der Waals surface area contributed by atoms with Crippen LogP contribution in [0.25, 0.3) is 0 Å². The molecule has 4 heteroatoms. The number of hydrogen-bond donors (Lipinski definition) is 1. The van der Waals surface area contributed by atoms with Crippen LogP contribution in [0.15, 0.2) is 18.2 Å². The molecule has 0 amide bonds. The Morgan fingerprint density at radius 3 is 2.86 bits per heavy atom. The molecule has 3 atom stereocenters. The Hall–Kier alpha value is -1.26. The van der Waals surface area contributed by atoms with Gasteiger partial charge in [-0.15, -0.1) is 0 Å². The van der Waals surface area contributed by atoms with Gasteiger partial charge in [0.15, 0.2) is 11.5 Å². The number of benzene rings is 1. The van der Waals surface area contributed by atoms with Gasteiger partial charge in [0.05, 0.1) is 0 Å². The number of fused-ring (bicyclic) bond motifs is 1. The molecular formula is C17H26N2O2. The van der Waals surface area contributed by atoms with Crippen LogP contribution in [0.2, 0.25) is 0 Å². The molecule has 2 aliphatic rings. The minimum absolute atomic E-state index is 0.329. The fraction of sp³-hybridized carbons (Fsp3) is 0.647. The topological polar surface area (TPSA) is 33.7 Å². The molecule has 1 fully saturated rings. The first-order valence-corrected chi connectivity index (χ1v) is 7.98. The van der Waals surface area contributed by atoms with Crippen molar-refractivity contribution in [2.24, 2.45) is 5.92 Å². The molecule has 0 spiro atoms.